The lowest BCUT2D eigenvalue weighted by Crippen LogP contribution is -2.36. The Morgan fingerprint density at radius 1 is 1.47 bits per heavy atom. The minimum Gasteiger partial charge on any atom is -0.331 e. The molecule has 1 N–H and O–H groups in total. The molecule has 1 fully saturated rings. The number of halogens is 1. The van der Waals surface area contributed by atoms with E-state index in [1.165, 1.54) is 4.90 Å². The molecule has 0 spiro atoms. The largest absolute Gasteiger partial charge is 0.331 e. The van der Waals surface area contributed by atoms with Gasteiger partial charge in [0.1, 0.15) is 0 Å². The van der Waals surface area contributed by atoms with Crippen LogP contribution in [0.3, 0.4) is 0 Å². The number of nitrogens with zero attached hydrogens (tertiary/aromatic N) is 3. The molecule has 2 heterocycles. The smallest absolute Gasteiger partial charge is 0.324 e. The quantitative estimate of drug-likeness (QED) is 0.843. The van der Waals surface area contributed by atoms with Gasteiger partial charge in [-0.1, -0.05) is 0 Å². The van der Waals surface area contributed by atoms with Crippen LogP contribution < -0.4 is 10.2 Å². The zero-order chi connectivity index (χ0) is 11.1. The highest BCUT2D eigenvalue weighted by molar-refractivity contribution is 9.10. The van der Waals surface area contributed by atoms with Crippen molar-refractivity contribution >= 4 is 27.9 Å². The van der Waals surface area contributed by atoms with Gasteiger partial charge in [-0.25, -0.2) is 14.8 Å². The third-order valence-electron chi connectivity index (χ3n) is 2.09. The summed E-state index contributed by atoms with van der Waals surface area (Å²) in [4.78, 5) is 21.3. The lowest BCUT2D eigenvalue weighted by molar-refractivity contribution is 0.248. The van der Waals surface area contributed by atoms with Gasteiger partial charge in [0.25, 0.3) is 0 Å². The second-order valence-electron chi connectivity index (χ2n) is 4.10. The van der Waals surface area contributed by atoms with Crippen LogP contribution >= 0.6 is 15.9 Å². The minimum atomic E-state index is -0.229. The molecule has 2 amide bonds. The van der Waals surface area contributed by atoms with Gasteiger partial charge in [0.15, 0.2) is 0 Å². The average Bonchev–Trinajstić information content (AvgIpc) is 2.41. The number of carbonyl (C=O) groups is 1. The first kappa shape index (κ1) is 10.4. The molecule has 0 radical (unpaired) electrons. The zero-order valence-electron chi connectivity index (χ0n) is 8.49. The molecule has 0 aliphatic carbocycles. The molecule has 15 heavy (non-hydrogen) atoms. The number of rotatable bonds is 1. The Balaban J connectivity index is 2.25. The molecular weight excluding hydrogens is 260 g/mol. The Morgan fingerprint density at radius 3 is 2.53 bits per heavy atom. The third-order valence-corrected chi connectivity index (χ3v) is 2.50. The Morgan fingerprint density at radius 2 is 2.07 bits per heavy atom. The molecule has 1 aliphatic rings. The van der Waals surface area contributed by atoms with E-state index in [-0.39, 0.29) is 11.6 Å². The molecule has 0 atom stereocenters. The van der Waals surface area contributed by atoms with Crippen LogP contribution in [0.5, 0.6) is 0 Å². The predicted octanol–water partition coefficient (Wildman–Crippen LogP) is 1.55. The van der Waals surface area contributed by atoms with Crippen LogP contribution in [0, 0.1) is 0 Å². The molecule has 1 saturated heterocycles. The van der Waals surface area contributed by atoms with E-state index in [4.69, 9.17) is 0 Å². The standard InChI is InChI=1S/C9H11BrN4O/c1-9(2)5-14(8(15)13-9)7-11-3-6(10)4-12-7/h3-4H,5H2,1-2H3,(H,13,15). The topological polar surface area (TPSA) is 58.1 Å². The summed E-state index contributed by atoms with van der Waals surface area (Å²) in [6.07, 6.45) is 3.25. The number of hydrogen-bond donors (Lipinski definition) is 1. The number of nitrogens with one attached hydrogen (secondary N) is 1. The van der Waals surface area contributed by atoms with E-state index < -0.39 is 0 Å². The number of anilines is 1. The molecule has 1 aromatic heterocycles. The second kappa shape index (κ2) is 3.44. The van der Waals surface area contributed by atoms with Gasteiger partial charge in [0, 0.05) is 12.4 Å². The van der Waals surface area contributed by atoms with Crippen molar-refractivity contribution in [3.05, 3.63) is 16.9 Å². The molecule has 5 nitrogen and oxygen atoms in total. The molecular formula is C9H11BrN4O. The molecule has 0 bridgehead atoms. The number of carbonyl (C=O) groups excluding carboxylic acids is 1. The molecule has 80 valence electrons. The third kappa shape index (κ3) is 2.09. The first-order valence-electron chi connectivity index (χ1n) is 4.55. The van der Waals surface area contributed by atoms with Gasteiger partial charge < -0.3 is 5.32 Å². The number of aromatic nitrogens is 2. The number of amides is 2. The molecule has 2 rings (SSSR count). The van der Waals surface area contributed by atoms with Gasteiger partial charge in [-0.15, -0.1) is 0 Å². The summed E-state index contributed by atoms with van der Waals surface area (Å²) in [5.41, 5.74) is -0.229. The normalized spacial score (nSPS) is 19.1. The fourth-order valence-electron chi connectivity index (χ4n) is 1.47. The Kier molecular flexibility index (Phi) is 2.38. The monoisotopic (exact) mass is 270 g/mol. The van der Waals surface area contributed by atoms with Crippen molar-refractivity contribution in [1.82, 2.24) is 15.3 Å². The van der Waals surface area contributed by atoms with E-state index in [0.29, 0.717) is 12.5 Å². The molecule has 1 aliphatic heterocycles. The maximum absolute atomic E-state index is 11.6. The number of hydrogen-bond acceptors (Lipinski definition) is 3. The summed E-state index contributed by atoms with van der Waals surface area (Å²) in [6, 6.07) is -0.151. The summed E-state index contributed by atoms with van der Waals surface area (Å²) in [7, 11) is 0. The fraction of sp³-hybridized carbons (Fsp3) is 0.444. The first-order valence-corrected chi connectivity index (χ1v) is 5.34. The summed E-state index contributed by atoms with van der Waals surface area (Å²) < 4.78 is 0.796. The highest BCUT2D eigenvalue weighted by Crippen LogP contribution is 2.19. The maximum Gasteiger partial charge on any atom is 0.324 e. The van der Waals surface area contributed by atoms with Crippen LogP contribution in [0.1, 0.15) is 13.8 Å². The zero-order valence-corrected chi connectivity index (χ0v) is 10.1. The van der Waals surface area contributed by atoms with E-state index in [1.54, 1.807) is 12.4 Å². The van der Waals surface area contributed by atoms with Crippen LogP contribution in [0.4, 0.5) is 10.7 Å². The highest BCUT2D eigenvalue weighted by atomic mass is 79.9. The van der Waals surface area contributed by atoms with E-state index in [1.807, 2.05) is 13.8 Å². The summed E-state index contributed by atoms with van der Waals surface area (Å²) in [5.74, 6) is 0.432. The molecule has 0 unspecified atom stereocenters. The van der Waals surface area contributed by atoms with Gasteiger partial charge in [-0.05, 0) is 29.8 Å². The summed E-state index contributed by atoms with van der Waals surface area (Å²) in [5, 5.41) is 2.85. The maximum atomic E-state index is 11.6. The second-order valence-corrected chi connectivity index (χ2v) is 5.02. The van der Waals surface area contributed by atoms with Gasteiger partial charge in [-0.2, -0.15) is 0 Å². The number of urea groups is 1. The van der Waals surface area contributed by atoms with Crippen LogP contribution in [0.25, 0.3) is 0 Å². The molecule has 1 aromatic rings. The van der Waals surface area contributed by atoms with Gasteiger partial charge in [0.05, 0.1) is 16.6 Å². The SMILES string of the molecule is CC1(C)CN(c2ncc(Br)cn2)C(=O)N1. The van der Waals surface area contributed by atoms with Crippen molar-refractivity contribution in [3.63, 3.8) is 0 Å². The van der Waals surface area contributed by atoms with Crippen molar-refractivity contribution in [2.45, 2.75) is 19.4 Å². The first-order chi connectivity index (χ1) is 6.98. The van der Waals surface area contributed by atoms with Gasteiger partial charge >= 0.3 is 6.03 Å². The van der Waals surface area contributed by atoms with Gasteiger partial charge in [-0.3, -0.25) is 4.90 Å². The van der Waals surface area contributed by atoms with Gasteiger partial charge in [0.2, 0.25) is 5.95 Å². The summed E-state index contributed by atoms with van der Waals surface area (Å²) >= 11 is 3.25. The van der Waals surface area contributed by atoms with Crippen LogP contribution in [-0.2, 0) is 0 Å². The van der Waals surface area contributed by atoms with E-state index in [2.05, 4.69) is 31.2 Å². The van der Waals surface area contributed by atoms with E-state index in [9.17, 15) is 4.79 Å². The Hall–Kier alpha value is -1.17. The van der Waals surface area contributed by atoms with Crippen molar-refractivity contribution in [1.29, 1.82) is 0 Å². The van der Waals surface area contributed by atoms with Crippen molar-refractivity contribution in [2.24, 2.45) is 0 Å². The predicted molar refractivity (Wildman–Crippen MR) is 59.7 cm³/mol. The van der Waals surface area contributed by atoms with Crippen LogP contribution in [0.2, 0.25) is 0 Å². The minimum absolute atomic E-state index is 0.151. The van der Waals surface area contributed by atoms with E-state index in [0.717, 1.165) is 4.47 Å². The fourth-order valence-corrected chi connectivity index (χ4v) is 1.67. The lowest BCUT2D eigenvalue weighted by Gasteiger charge is -2.16. The van der Waals surface area contributed by atoms with Crippen LogP contribution in [-0.4, -0.2) is 28.1 Å². The molecule has 0 saturated carbocycles. The highest BCUT2D eigenvalue weighted by Gasteiger charge is 2.36. The van der Waals surface area contributed by atoms with E-state index >= 15 is 0 Å². The Labute approximate surface area is 96.0 Å². The summed E-state index contributed by atoms with van der Waals surface area (Å²) in [6.45, 7) is 4.50. The molecule has 6 heteroatoms. The van der Waals surface area contributed by atoms with Crippen LogP contribution in [0.15, 0.2) is 16.9 Å². The average molecular weight is 271 g/mol. The lowest BCUT2D eigenvalue weighted by atomic mass is 10.1. The van der Waals surface area contributed by atoms with Crippen molar-refractivity contribution < 1.29 is 4.79 Å². The van der Waals surface area contributed by atoms with Crippen molar-refractivity contribution in [2.75, 3.05) is 11.4 Å². The van der Waals surface area contributed by atoms with Crippen molar-refractivity contribution in [3.8, 4) is 0 Å². The Bertz CT molecular complexity index is 390. The molecule has 0 aromatic carbocycles.